The molecule has 2 aliphatic heterocycles. The van der Waals surface area contributed by atoms with Gasteiger partial charge in [-0.2, -0.15) is 4.98 Å². The fourth-order valence-electron chi connectivity index (χ4n) is 4.11. The Morgan fingerprint density at radius 2 is 1.83 bits per heavy atom. The Balaban J connectivity index is 1.44. The second-order valence-corrected chi connectivity index (χ2v) is 8.79. The lowest BCUT2D eigenvalue weighted by Gasteiger charge is -2.39. The van der Waals surface area contributed by atoms with Gasteiger partial charge in [-0.15, -0.1) is 0 Å². The molecule has 8 nitrogen and oxygen atoms in total. The molecule has 2 aromatic rings. The van der Waals surface area contributed by atoms with Gasteiger partial charge in [0.2, 0.25) is 0 Å². The molecular weight excluding hydrogens is 370 g/mol. The summed E-state index contributed by atoms with van der Waals surface area (Å²) in [4.78, 5) is 13.9. The van der Waals surface area contributed by atoms with Crippen molar-refractivity contribution in [1.82, 2.24) is 20.0 Å². The number of ether oxygens (including phenoxy) is 2. The van der Waals surface area contributed by atoms with Crippen molar-refractivity contribution >= 4 is 5.95 Å². The highest BCUT2D eigenvalue weighted by Crippen LogP contribution is 2.33. The Hall–Kier alpha value is -2.19. The van der Waals surface area contributed by atoms with E-state index in [-0.39, 0.29) is 5.41 Å². The first kappa shape index (κ1) is 20.1. The van der Waals surface area contributed by atoms with Crippen LogP contribution in [0.3, 0.4) is 0 Å². The molecule has 0 aliphatic carbocycles. The van der Waals surface area contributed by atoms with E-state index in [4.69, 9.17) is 14.0 Å². The molecule has 4 heterocycles. The molecule has 0 saturated carbocycles. The van der Waals surface area contributed by atoms with Crippen molar-refractivity contribution in [2.45, 2.75) is 45.1 Å². The van der Waals surface area contributed by atoms with Crippen molar-refractivity contribution in [2.75, 3.05) is 51.4 Å². The molecule has 0 amide bonds. The van der Waals surface area contributed by atoms with Crippen molar-refractivity contribution in [3.63, 3.8) is 0 Å². The molecule has 0 radical (unpaired) electrons. The second kappa shape index (κ2) is 8.28. The summed E-state index contributed by atoms with van der Waals surface area (Å²) >= 11 is 0. The summed E-state index contributed by atoms with van der Waals surface area (Å²) in [6.45, 7) is 12.0. The Labute approximate surface area is 172 Å². The highest BCUT2D eigenvalue weighted by molar-refractivity contribution is 5.54. The van der Waals surface area contributed by atoms with E-state index in [1.54, 1.807) is 7.11 Å². The van der Waals surface area contributed by atoms with Gasteiger partial charge in [-0.3, -0.25) is 9.88 Å². The predicted octanol–water partition coefficient (Wildman–Crippen LogP) is 2.74. The Kier molecular flexibility index (Phi) is 5.74. The summed E-state index contributed by atoms with van der Waals surface area (Å²) in [6.07, 6.45) is 4.05. The fourth-order valence-corrected chi connectivity index (χ4v) is 4.11. The van der Waals surface area contributed by atoms with Gasteiger partial charge in [-0.05, 0) is 23.4 Å². The number of pyridine rings is 1. The lowest BCUT2D eigenvalue weighted by molar-refractivity contribution is 0.0114. The van der Waals surface area contributed by atoms with Crippen LogP contribution in [0.2, 0.25) is 0 Å². The quantitative estimate of drug-likeness (QED) is 0.774. The minimum Gasteiger partial charge on any atom is -0.496 e. The summed E-state index contributed by atoms with van der Waals surface area (Å²) < 4.78 is 16.6. The molecule has 8 heteroatoms. The smallest absolute Gasteiger partial charge is 0.278 e. The average molecular weight is 402 g/mol. The van der Waals surface area contributed by atoms with E-state index in [1.165, 1.54) is 0 Å². The summed E-state index contributed by atoms with van der Waals surface area (Å²) in [5.74, 6) is 1.85. The van der Waals surface area contributed by atoms with Crippen LogP contribution in [-0.4, -0.2) is 72.6 Å². The fraction of sp³-hybridized carbons (Fsp3) is 0.667. The largest absolute Gasteiger partial charge is 0.496 e. The van der Waals surface area contributed by atoms with Gasteiger partial charge in [0.1, 0.15) is 11.4 Å². The molecule has 2 saturated heterocycles. The molecule has 0 atom stereocenters. The first-order valence-corrected chi connectivity index (χ1v) is 10.4. The number of nitrogens with zero attached hydrogens (tertiary/aromatic N) is 5. The third kappa shape index (κ3) is 4.38. The zero-order chi connectivity index (χ0) is 20.4. The Morgan fingerprint density at radius 3 is 2.48 bits per heavy atom. The average Bonchev–Trinajstić information content (AvgIpc) is 3.24. The molecule has 158 valence electrons. The molecule has 0 aromatic carbocycles. The van der Waals surface area contributed by atoms with Crippen molar-refractivity contribution in [3.8, 4) is 17.3 Å². The highest BCUT2D eigenvalue weighted by atomic mass is 16.5. The van der Waals surface area contributed by atoms with Crippen LogP contribution in [0, 0.1) is 0 Å². The van der Waals surface area contributed by atoms with Crippen LogP contribution >= 0.6 is 0 Å². The number of rotatable bonds is 4. The maximum absolute atomic E-state index is 5.57. The summed E-state index contributed by atoms with van der Waals surface area (Å²) in [7, 11) is 1.67. The molecule has 0 unspecified atom stereocenters. The molecule has 2 aliphatic rings. The SMILES string of the molecule is COc1cc(-c2nc(N3CCC(N4CCOCC4)CC3)no2)ncc1C(C)(C)C. The third-order valence-corrected chi connectivity index (χ3v) is 5.84. The Morgan fingerprint density at radius 1 is 1.10 bits per heavy atom. The van der Waals surface area contributed by atoms with Crippen LogP contribution in [0.5, 0.6) is 5.75 Å². The van der Waals surface area contributed by atoms with Crippen LogP contribution in [0.15, 0.2) is 16.8 Å². The maximum Gasteiger partial charge on any atom is 0.278 e. The molecule has 29 heavy (non-hydrogen) atoms. The third-order valence-electron chi connectivity index (χ3n) is 5.84. The van der Waals surface area contributed by atoms with Gasteiger partial charge in [-0.25, -0.2) is 0 Å². The number of hydrogen-bond donors (Lipinski definition) is 0. The summed E-state index contributed by atoms with van der Waals surface area (Å²) in [5.41, 5.74) is 1.63. The molecule has 4 rings (SSSR count). The first-order chi connectivity index (χ1) is 14.0. The predicted molar refractivity (Wildman–Crippen MR) is 110 cm³/mol. The van der Waals surface area contributed by atoms with Crippen molar-refractivity contribution in [1.29, 1.82) is 0 Å². The van der Waals surface area contributed by atoms with Crippen molar-refractivity contribution < 1.29 is 14.0 Å². The number of morpholine rings is 1. The Bertz CT molecular complexity index is 818. The van der Waals surface area contributed by atoms with Crippen molar-refractivity contribution in [2.24, 2.45) is 0 Å². The lowest BCUT2D eigenvalue weighted by atomic mass is 9.87. The van der Waals surface area contributed by atoms with Crippen molar-refractivity contribution in [3.05, 3.63) is 17.8 Å². The van der Waals surface area contributed by atoms with Crippen LogP contribution in [0.25, 0.3) is 11.6 Å². The first-order valence-electron chi connectivity index (χ1n) is 10.4. The van der Waals surface area contributed by atoms with Gasteiger partial charge < -0.3 is 18.9 Å². The van der Waals surface area contributed by atoms with Gasteiger partial charge in [0, 0.05) is 50.0 Å². The van der Waals surface area contributed by atoms with Gasteiger partial charge in [0.05, 0.1) is 20.3 Å². The van der Waals surface area contributed by atoms with E-state index in [0.717, 1.165) is 63.5 Å². The lowest BCUT2D eigenvalue weighted by Crippen LogP contribution is -2.49. The number of piperidine rings is 1. The normalized spacial score (nSPS) is 19.5. The molecule has 0 N–H and O–H groups in total. The van der Waals surface area contributed by atoms with Gasteiger partial charge in [0.25, 0.3) is 11.8 Å². The second-order valence-electron chi connectivity index (χ2n) is 8.79. The summed E-state index contributed by atoms with van der Waals surface area (Å²) in [5, 5.41) is 4.21. The molecule has 0 spiro atoms. The van der Waals surface area contributed by atoms with E-state index in [0.29, 0.717) is 23.6 Å². The van der Waals surface area contributed by atoms with Crippen LogP contribution in [-0.2, 0) is 10.2 Å². The van der Waals surface area contributed by atoms with Crippen LogP contribution in [0.1, 0.15) is 39.2 Å². The van der Waals surface area contributed by atoms with E-state index >= 15 is 0 Å². The zero-order valence-corrected chi connectivity index (χ0v) is 17.8. The van der Waals surface area contributed by atoms with Gasteiger partial charge in [-0.1, -0.05) is 20.8 Å². The van der Waals surface area contributed by atoms with Crippen LogP contribution in [0.4, 0.5) is 5.95 Å². The molecule has 2 aromatic heterocycles. The number of aromatic nitrogens is 3. The monoisotopic (exact) mass is 401 g/mol. The number of methoxy groups -OCH3 is 1. The molecule has 2 fully saturated rings. The molecular formula is C21H31N5O3. The minimum absolute atomic E-state index is 0.0539. The van der Waals surface area contributed by atoms with Gasteiger partial charge >= 0.3 is 0 Å². The topological polar surface area (TPSA) is 76.8 Å². The molecule has 0 bridgehead atoms. The standard InChI is InChI=1S/C21H31N5O3/c1-21(2,3)16-14-22-17(13-18(16)27-4)19-23-20(24-29-19)26-7-5-15(6-8-26)25-9-11-28-12-10-25/h13-15H,5-12H2,1-4H3. The van der Waals surface area contributed by atoms with E-state index in [1.807, 2.05) is 12.3 Å². The van der Waals surface area contributed by atoms with Gasteiger partial charge in [0.15, 0.2) is 0 Å². The summed E-state index contributed by atoms with van der Waals surface area (Å²) in [6, 6.07) is 2.50. The number of anilines is 1. The van der Waals surface area contributed by atoms with E-state index in [9.17, 15) is 0 Å². The minimum atomic E-state index is -0.0539. The number of hydrogen-bond acceptors (Lipinski definition) is 8. The van der Waals surface area contributed by atoms with E-state index in [2.05, 4.69) is 45.7 Å². The maximum atomic E-state index is 5.57. The van der Waals surface area contributed by atoms with E-state index < -0.39 is 0 Å². The zero-order valence-electron chi connectivity index (χ0n) is 17.8. The highest BCUT2D eigenvalue weighted by Gasteiger charge is 2.28. The van der Waals surface area contributed by atoms with Crippen LogP contribution < -0.4 is 9.64 Å².